The molecule has 8 nitrogen and oxygen atoms in total. The first-order chi connectivity index (χ1) is 16.6. The van der Waals surface area contributed by atoms with Crippen LogP contribution in [-0.4, -0.2) is 50.3 Å². The molecule has 1 fully saturated rings. The van der Waals surface area contributed by atoms with Crippen LogP contribution in [-0.2, 0) is 11.1 Å². The van der Waals surface area contributed by atoms with Gasteiger partial charge in [0.2, 0.25) is 0 Å². The van der Waals surface area contributed by atoms with Gasteiger partial charge in [-0.3, -0.25) is 0 Å². The summed E-state index contributed by atoms with van der Waals surface area (Å²) in [6, 6.07) is 0.924. The molecule has 0 bridgehead atoms. The summed E-state index contributed by atoms with van der Waals surface area (Å²) in [6.45, 7) is 8.20. The van der Waals surface area contributed by atoms with Crippen LogP contribution < -0.4 is 25.7 Å². The van der Waals surface area contributed by atoms with E-state index in [0.29, 0.717) is 12.1 Å². The van der Waals surface area contributed by atoms with Gasteiger partial charge in [0.15, 0.2) is 0 Å². The number of benzene rings is 1. The van der Waals surface area contributed by atoms with Crippen molar-refractivity contribution in [3.8, 4) is 17.2 Å². The van der Waals surface area contributed by atoms with Crippen molar-refractivity contribution in [3.63, 3.8) is 0 Å². The number of phenolic OH excluding ortho intramolecular Hbond substituents is 1. The Bertz CT molecular complexity index is 1070. The van der Waals surface area contributed by atoms with Crippen molar-refractivity contribution in [2.24, 2.45) is 11.5 Å². The van der Waals surface area contributed by atoms with Gasteiger partial charge in [-0.05, 0) is 52.7 Å². The number of aromatic hydroxyl groups is 1. The number of hydrogen-bond acceptors (Lipinski definition) is 8. The Labute approximate surface area is 212 Å². The number of phenols is 1. The molecular weight excluding hydrogens is 530 g/mol. The van der Waals surface area contributed by atoms with Gasteiger partial charge in [0.05, 0.1) is 11.4 Å². The molecule has 1 atom stereocenters. The fraction of sp³-hybridized carbons (Fsp3) is 0.545. The highest BCUT2D eigenvalue weighted by Gasteiger charge is 2.41. The van der Waals surface area contributed by atoms with Gasteiger partial charge in [-0.15, -0.1) is 13.2 Å². The van der Waals surface area contributed by atoms with Crippen molar-refractivity contribution in [1.82, 2.24) is 10.2 Å². The Balaban J connectivity index is 2.40. The first-order valence-corrected chi connectivity index (χ1v) is 11.9. The van der Waals surface area contributed by atoms with Crippen LogP contribution in [0.1, 0.15) is 46.1 Å². The molecule has 0 amide bonds. The van der Waals surface area contributed by atoms with Crippen LogP contribution in [0.15, 0.2) is 30.1 Å². The van der Waals surface area contributed by atoms with Gasteiger partial charge in [0, 0.05) is 42.0 Å². The molecule has 1 saturated heterocycles. The van der Waals surface area contributed by atoms with E-state index < -0.39 is 51.5 Å². The first kappa shape index (κ1) is 30.4. The molecule has 0 radical (unpaired) electrons. The number of alkyl halides is 6. The quantitative estimate of drug-likeness (QED) is 0.289. The number of nitrogens with one attached hydrogen (secondary N) is 1. The van der Waals surface area contributed by atoms with E-state index in [1.165, 1.54) is 6.08 Å². The maximum atomic E-state index is 13.0. The second-order valence-corrected chi connectivity index (χ2v) is 11.0. The summed E-state index contributed by atoms with van der Waals surface area (Å²) in [4.78, 5) is 1.80. The lowest BCUT2D eigenvalue weighted by atomic mass is 9.79. The standard InChI is InChI=1S/C22H30F6N4O4S/c1-19(2)10-12(11-20(3,4)31-19)32(5)17(30)7-6-14(29)18-15(33)8-13(36-37(34)22(26,27)28)9-16(18)35-21(23,24)25/h6-9,12,31,33H,10-11,29-30H2,1-5H3/b14-6-,17-7+. The zero-order valence-electron chi connectivity index (χ0n) is 20.8. The van der Waals surface area contributed by atoms with E-state index in [2.05, 4.69) is 41.9 Å². The molecule has 0 aliphatic carbocycles. The van der Waals surface area contributed by atoms with Crippen LogP contribution in [0.2, 0.25) is 0 Å². The average Bonchev–Trinajstić information content (AvgIpc) is 2.66. The number of allylic oxidation sites excluding steroid dienone is 2. The van der Waals surface area contributed by atoms with Crippen LogP contribution in [0, 0.1) is 0 Å². The molecule has 210 valence electrons. The van der Waals surface area contributed by atoms with Crippen molar-refractivity contribution >= 4 is 16.8 Å². The van der Waals surface area contributed by atoms with Gasteiger partial charge in [-0.25, -0.2) is 4.21 Å². The summed E-state index contributed by atoms with van der Waals surface area (Å²) in [5.41, 5.74) is 5.26. The second kappa shape index (κ2) is 10.5. The predicted octanol–water partition coefficient (Wildman–Crippen LogP) is 4.19. The molecule has 1 aliphatic rings. The molecule has 2 rings (SSSR count). The predicted molar refractivity (Wildman–Crippen MR) is 126 cm³/mol. The SMILES string of the molecule is CN(/C(N)=C/C=C(\N)c1c(O)cc(OS(=O)C(F)(F)F)cc1OC(F)(F)F)C1CC(C)(C)NC(C)(C)C1. The Hall–Kier alpha value is -2.81. The summed E-state index contributed by atoms with van der Waals surface area (Å²) < 4.78 is 95.6. The molecule has 0 aromatic heterocycles. The molecular formula is C22H30F6N4O4S. The van der Waals surface area contributed by atoms with Crippen LogP contribution >= 0.6 is 0 Å². The summed E-state index contributed by atoms with van der Waals surface area (Å²) in [5, 5.41) is 13.8. The molecule has 1 heterocycles. The molecule has 1 aliphatic heterocycles. The number of nitrogens with zero attached hydrogens (tertiary/aromatic N) is 1. The average molecular weight is 561 g/mol. The molecule has 37 heavy (non-hydrogen) atoms. The van der Waals surface area contributed by atoms with E-state index in [9.17, 15) is 35.7 Å². The zero-order valence-corrected chi connectivity index (χ0v) is 21.6. The van der Waals surface area contributed by atoms with Crippen molar-refractivity contribution in [2.45, 2.75) is 69.5 Å². The molecule has 1 unspecified atom stereocenters. The summed E-state index contributed by atoms with van der Waals surface area (Å²) in [6.07, 6.45) is -1.38. The molecule has 6 N–H and O–H groups in total. The third-order valence-electron chi connectivity index (χ3n) is 5.49. The summed E-state index contributed by atoms with van der Waals surface area (Å²) in [5.74, 6) is -2.95. The van der Waals surface area contributed by atoms with Gasteiger partial charge in [0.25, 0.3) is 0 Å². The Morgan fingerprint density at radius 2 is 1.65 bits per heavy atom. The smallest absolute Gasteiger partial charge is 0.507 e. The number of halogens is 6. The molecule has 0 saturated carbocycles. The van der Waals surface area contributed by atoms with Crippen LogP contribution in [0.4, 0.5) is 26.3 Å². The minimum Gasteiger partial charge on any atom is -0.507 e. The van der Waals surface area contributed by atoms with E-state index >= 15 is 0 Å². The molecule has 15 heteroatoms. The van der Waals surface area contributed by atoms with E-state index in [1.54, 1.807) is 11.9 Å². The number of nitrogens with two attached hydrogens (primary N) is 2. The van der Waals surface area contributed by atoms with Gasteiger partial charge in [-0.2, -0.15) is 13.2 Å². The number of hydrogen-bond donors (Lipinski definition) is 4. The van der Waals surface area contributed by atoms with Crippen molar-refractivity contribution < 1.29 is 44.6 Å². The molecule has 0 spiro atoms. The van der Waals surface area contributed by atoms with Gasteiger partial charge >= 0.3 is 23.0 Å². The highest BCUT2D eigenvalue weighted by Crippen LogP contribution is 2.40. The number of rotatable bonds is 7. The lowest BCUT2D eigenvalue weighted by Crippen LogP contribution is -2.61. The maximum Gasteiger partial charge on any atom is 0.573 e. The van der Waals surface area contributed by atoms with E-state index in [-0.39, 0.29) is 22.9 Å². The first-order valence-electron chi connectivity index (χ1n) is 10.9. The van der Waals surface area contributed by atoms with Gasteiger partial charge in [0.1, 0.15) is 17.2 Å². The summed E-state index contributed by atoms with van der Waals surface area (Å²) >= 11 is -3.90. The van der Waals surface area contributed by atoms with E-state index in [0.717, 1.165) is 18.9 Å². The maximum absolute atomic E-state index is 13.0. The van der Waals surface area contributed by atoms with E-state index in [4.69, 9.17) is 11.5 Å². The normalized spacial score (nSPS) is 19.9. The third-order valence-corrected chi connectivity index (χ3v) is 6.21. The Morgan fingerprint density at radius 1 is 1.11 bits per heavy atom. The Morgan fingerprint density at radius 3 is 2.14 bits per heavy atom. The fourth-order valence-electron chi connectivity index (χ4n) is 4.38. The number of piperidine rings is 1. The second-order valence-electron chi connectivity index (χ2n) is 9.91. The minimum atomic E-state index is -5.31. The topological polar surface area (TPSA) is 123 Å². The van der Waals surface area contributed by atoms with Gasteiger partial charge in [-0.1, -0.05) is 0 Å². The highest BCUT2D eigenvalue weighted by molar-refractivity contribution is 7.81. The monoisotopic (exact) mass is 560 g/mol. The Kier molecular flexibility index (Phi) is 8.64. The van der Waals surface area contributed by atoms with Crippen molar-refractivity contribution in [3.05, 3.63) is 35.7 Å². The third kappa shape index (κ3) is 8.62. The zero-order chi connectivity index (χ0) is 28.6. The summed E-state index contributed by atoms with van der Waals surface area (Å²) in [7, 11) is 1.75. The lowest BCUT2D eigenvalue weighted by Gasteiger charge is -2.49. The highest BCUT2D eigenvalue weighted by atomic mass is 32.2. The van der Waals surface area contributed by atoms with Crippen LogP contribution in [0.5, 0.6) is 17.2 Å². The molecule has 1 aromatic carbocycles. The van der Waals surface area contributed by atoms with E-state index in [1.807, 2.05) is 0 Å². The van der Waals surface area contributed by atoms with Crippen molar-refractivity contribution in [1.29, 1.82) is 0 Å². The van der Waals surface area contributed by atoms with Gasteiger partial charge < -0.3 is 35.7 Å². The minimum absolute atomic E-state index is 0.0144. The fourth-order valence-corrected chi connectivity index (χ4v) is 4.75. The largest absolute Gasteiger partial charge is 0.573 e. The van der Waals surface area contributed by atoms with Crippen LogP contribution in [0.25, 0.3) is 5.70 Å². The lowest BCUT2D eigenvalue weighted by molar-refractivity contribution is -0.274. The van der Waals surface area contributed by atoms with Crippen LogP contribution in [0.3, 0.4) is 0 Å². The number of ether oxygens (including phenoxy) is 1. The van der Waals surface area contributed by atoms with Crippen molar-refractivity contribution in [2.75, 3.05) is 7.05 Å². The molecule has 1 aromatic rings.